The minimum atomic E-state index is -0.113. The summed E-state index contributed by atoms with van der Waals surface area (Å²) in [5.41, 5.74) is -0.226. The Kier molecular flexibility index (Phi) is 4.38. The molecule has 0 aliphatic carbocycles. The second kappa shape index (κ2) is 5.03. The highest BCUT2D eigenvalue weighted by molar-refractivity contribution is 4.80. The van der Waals surface area contributed by atoms with Crippen molar-refractivity contribution in [1.82, 2.24) is 0 Å². The van der Waals surface area contributed by atoms with E-state index in [0.717, 1.165) is 13.0 Å². The van der Waals surface area contributed by atoms with E-state index in [2.05, 4.69) is 41.5 Å². The van der Waals surface area contributed by atoms with Crippen molar-refractivity contribution in [1.29, 1.82) is 0 Å². The van der Waals surface area contributed by atoms with Gasteiger partial charge in [0, 0.05) is 6.61 Å². The van der Waals surface area contributed by atoms with Crippen LogP contribution in [0.25, 0.3) is 0 Å². The van der Waals surface area contributed by atoms with Gasteiger partial charge in [-0.1, -0.05) is 0 Å². The maximum Gasteiger partial charge on any atom is 0.107 e. The molecular formula is C13H26O3. The molecular weight excluding hydrogens is 204 g/mol. The summed E-state index contributed by atoms with van der Waals surface area (Å²) >= 11 is 0. The Morgan fingerprint density at radius 1 is 1.06 bits per heavy atom. The van der Waals surface area contributed by atoms with E-state index in [1.807, 2.05) is 0 Å². The predicted octanol–water partition coefficient (Wildman–Crippen LogP) is 2.77. The molecule has 3 heteroatoms. The van der Waals surface area contributed by atoms with Gasteiger partial charge in [0.15, 0.2) is 0 Å². The smallest absolute Gasteiger partial charge is 0.107 e. The zero-order valence-electron chi connectivity index (χ0n) is 11.5. The summed E-state index contributed by atoms with van der Waals surface area (Å²) in [7, 11) is 0. The van der Waals surface area contributed by atoms with E-state index in [0.29, 0.717) is 6.61 Å². The third kappa shape index (κ3) is 5.28. The Labute approximate surface area is 99.5 Å². The average Bonchev–Trinajstić information content (AvgIpc) is 2.44. The van der Waals surface area contributed by atoms with Gasteiger partial charge in [0.1, 0.15) is 6.10 Å². The van der Waals surface area contributed by atoms with Gasteiger partial charge in [-0.25, -0.2) is 0 Å². The topological polar surface area (TPSA) is 27.7 Å². The van der Waals surface area contributed by atoms with Gasteiger partial charge >= 0.3 is 0 Å². The van der Waals surface area contributed by atoms with Gasteiger partial charge in [-0.05, 0) is 48.0 Å². The van der Waals surface area contributed by atoms with E-state index < -0.39 is 0 Å². The SMILES string of the molecule is CC(C)(C)OC[C@H]1OCC[C@@H]1OC(C)(C)C. The van der Waals surface area contributed by atoms with E-state index in [-0.39, 0.29) is 23.4 Å². The molecule has 1 aliphatic heterocycles. The van der Waals surface area contributed by atoms with Crippen molar-refractivity contribution in [3.05, 3.63) is 0 Å². The van der Waals surface area contributed by atoms with Crippen molar-refractivity contribution in [2.45, 2.75) is 71.4 Å². The normalized spacial score (nSPS) is 27.4. The lowest BCUT2D eigenvalue weighted by molar-refractivity contribution is -0.123. The van der Waals surface area contributed by atoms with E-state index in [4.69, 9.17) is 14.2 Å². The quantitative estimate of drug-likeness (QED) is 0.746. The van der Waals surface area contributed by atoms with Crippen molar-refractivity contribution in [3.8, 4) is 0 Å². The summed E-state index contributed by atoms with van der Waals surface area (Å²) in [5.74, 6) is 0. The van der Waals surface area contributed by atoms with Crippen LogP contribution in [0.2, 0.25) is 0 Å². The first-order valence-corrected chi connectivity index (χ1v) is 6.11. The summed E-state index contributed by atoms with van der Waals surface area (Å²) in [6.07, 6.45) is 1.22. The van der Waals surface area contributed by atoms with Crippen LogP contribution in [0, 0.1) is 0 Å². The molecule has 0 aromatic rings. The van der Waals surface area contributed by atoms with Gasteiger partial charge in [-0.2, -0.15) is 0 Å². The molecule has 0 saturated carbocycles. The summed E-state index contributed by atoms with van der Waals surface area (Å²) in [6.45, 7) is 13.8. The van der Waals surface area contributed by atoms with E-state index in [1.165, 1.54) is 0 Å². The molecule has 1 rings (SSSR count). The molecule has 0 amide bonds. The minimum absolute atomic E-state index is 0.0819. The minimum Gasteiger partial charge on any atom is -0.373 e. The maximum absolute atomic E-state index is 5.97. The number of hydrogen-bond acceptors (Lipinski definition) is 3. The summed E-state index contributed by atoms with van der Waals surface area (Å²) in [6, 6.07) is 0. The predicted molar refractivity (Wildman–Crippen MR) is 64.7 cm³/mol. The fourth-order valence-electron chi connectivity index (χ4n) is 1.71. The first kappa shape index (κ1) is 13.9. The lowest BCUT2D eigenvalue weighted by Gasteiger charge is -2.29. The van der Waals surface area contributed by atoms with Crippen molar-refractivity contribution in [3.63, 3.8) is 0 Å². The molecule has 96 valence electrons. The molecule has 0 spiro atoms. The zero-order chi connectivity index (χ0) is 12.4. The Hall–Kier alpha value is -0.120. The molecule has 2 atom stereocenters. The Balaban J connectivity index is 2.41. The van der Waals surface area contributed by atoms with Crippen molar-refractivity contribution < 1.29 is 14.2 Å². The fraction of sp³-hybridized carbons (Fsp3) is 1.00. The lowest BCUT2D eigenvalue weighted by Crippen LogP contribution is -2.37. The van der Waals surface area contributed by atoms with Crippen LogP contribution in [0.4, 0.5) is 0 Å². The standard InChI is InChI=1S/C13H26O3/c1-12(2,3)15-9-11-10(7-8-14-11)16-13(4,5)6/h10-11H,7-9H2,1-6H3/t10-,11+/m0/s1. The van der Waals surface area contributed by atoms with Gasteiger partial charge < -0.3 is 14.2 Å². The third-order valence-electron chi connectivity index (χ3n) is 2.33. The van der Waals surface area contributed by atoms with Crippen LogP contribution in [0.3, 0.4) is 0 Å². The van der Waals surface area contributed by atoms with Crippen molar-refractivity contribution >= 4 is 0 Å². The molecule has 1 heterocycles. The second-order valence-electron chi connectivity index (χ2n) is 6.39. The zero-order valence-corrected chi connectivity index (χ0v) is 11.5. The Bertz CT molecular complexity index is 212. The monoisotopic (exact) mass is 230 g/mol. The average molecular weight is 230 g/mol. The van der Waals surface area contributed by atoms with Crippen LogP contribution in [-0.2, 0) is 14.2 Å². The van der Waals surface area contributed by atoms with Crippen molar-refractivity contribution in [2.75, 3.05) is 13.2 Å². The summed E-state index contributed by atoms with van der Waals surface area (Å²) < 4.78 is 17.4. The van der Waals surface area contributed by atoms with E-state index >= 15 is 0 Å². The van der Waals surface area contributed by atoms with Gasteiger partial charge in [-0.15, -0.1) is 0 Å². The molecule has 16 heavy (non-hydrogen) atoms. The van der Waals surface area contributed by atoms with E-state index in [1.54, 1.807) is 0 Å². The van der Waals surface area contributed by atoms with E-state index in [9.17, 15) is 0 Å². The first-order valence-electron chi connectivity index (χ1n) is 6.11. The van der Waals surface area contributed by atoms with Gasteiger partial charge in [0.25, 0.3) is 0 Å². The number of hydrogen-bond donors (Lipinski definition) is 0. The Morgan fingerprint density at radius 2 is 1.69 bits per heavy atom. The van der Waals surface area contributed by atoms with Crippen molar-refractivity contribution in [2.24, 2.45) is 0 Å². The van der Waals surface area contributed by atoms with Gasteiger partial charge in [0.05, 0.1) is 23.9 Å². The highest BCUT2D eigenvalue weighted by atomic mass is 16.6. The fourth-order valence-corrected chi connectivity index (χ4v) is 1.71. The molecule has 0 aromatic carbocycles. The highest BCUT2D eigenvalue weighted by Crippen LogP contribution is 2.24. The largest absolute Gasteiger partial charge is 0.373 e. The highest BCUT2D eigenvalue weighted by Gasteiger charge is 2.33. The molecule has 3 nitrogen and oxygen atoms in total. The van der Waals surface area contributed by atoms with Crippen LogP contribution >= 0.6 is 0 Å². The molecule has 1 fully saturated rings. The first-order chi connectivity index (χ1) is 7.17. The number of rotatable bonds is 3. The molecule has 0 aromatic heterocycles. The molecule has 0 bridgehead atoms. The molecule has 0 unspecified atom stereocenters. The second-order valence-corrected chi connectivity index (χ2v) is 6.39. The number of ether oxygens (including phenoxy) is 3. The third-order valence-corrected chi connectivity index (χ3v) is 2.33. The summed E-state index contributed by atoms with van der Waals surface area (Å²) in [5, 5.41) is 0. The van der Waals surface area contributed by atoms with Gasteiger partial charge in [0.2, 0.25) is 0 Å². The van der Waals surface area contributed by atoms with Crippen LogP contribution in [0.5, 0.6) is 0 Å². The Morgan fingerprint density at radius 3 is 2.19 bits per heavy atom. The van der Waals surface area contributed by atoms with Crippen LogP contribution < -0.4 is 0 Å². The molecule has 1 aliphatic rings. The van der Waals surface area contributed by atoms with Gasteiger partial charge in [-0.3, -0.25) is 0 Å². The molecule has 1 saturated heterocycles. The maximum atomic E-state index is 5.97. The van der Waals surface area contributed by atoms with Crippen LogP contribution in [0.15, 0.2) is 0 Å². The van der Waals surface area contributed by atoms with Crippen LogP contribution in [0.1, 0.15) is 48.0 Å². The lowest BCUT2D eigenvalue weighted by atomic mass is 10.1. The summed E-state index contributed by atoms with van der Waals surface area (Å²) in [4.78, 5) is 0. The molecule has 0 radical (unpaired) electrons. The molecule has 0 N–H and O–H groups in total. The van der Waals surface area contributed by atoms with Crippen LogP contribution in [-0.4, -0.2) is 36.6 Å².